The minimum Gasteiger partial charge on any atom is -0.480 e. The SMILES string of the molecule is COc1ncc(Cl)c(N2CCCCC2C(=O)O)n1. The zero-order valence-corrected chi connectivity index (χ0v) is 10.7. The highest BCUT2D eigenvalue weighted by Gasteiger charge is 2.31. The van der Waals surface area contributed by atoms with Crippen molar-refractivity contribution in [2.45, 2.75) is 25.3 Å². The molecule has 0 aromatic carbocycles. The van der Waals surface area contributed by atoms with Gasteiger partial charge in [-0.25, -0.2) is 9.78 Å². The summed E-state index contributed by atoms with van der Waals surface area (Å²) in [4.78, 5) is 21.0. The summed E-state index contributed by atoms with van der Waals surface area (Å²) in [6.45, 7) is 0.622. The number of anilines is 1. The van der Waals surface area contributed by atoms with Crippen molar-refractivity contribution in [3.05, 3.63) is 11.2 Å². The van der Waals surface area contributed by atoms with E-state index in [1.54, 1.807) is 4.90 Å². The molecule has 2 heterocycles. The van der Waals surface area contributed by atoms with Crippen LogP contribution in [-0.4, -0.2) is 40.7 Å². The molecule has 1 atom stereocenters. The predicted octanol–water partition coefficient (Wildman–Crippen LogP) is 1.58. The fourth-order valence-electron chi connectivity index (χ4n) is 2.08. The largest absolute Gasteiger partial charge is 0.480 e. The fourth-order valence-corrected chi connectivity index (χ4v) is 2.28. The summed E-state index contributed by atoms with van der Waals surface area (Å²) in [5.74, 6) is -0.432. The first-order chi connectivity index (χ1) is 8.63. The molecule has 0 spiro atoms. The van der Waals surface area contributed by atoms with E-state index in [1.165, 1.54) is 13.3 Å². The standard InChI is InChI=1S/C11H14ClN3O3/c1-18-11-13-6-7(12)9(14-11)15-5-3-2-4-8(15)10(16)17/h6,8H,2-5H2,1H3,(H,16,17). The lowest BCUT2D eigenvalue weighted by atomic mass is 10.0. The molecule has 0 aliphatic carbocycles. The Bertz CT molecular complexity index is 455. The second-order valence-electron chi connectivity index (χ2n) is 4.07. The maximum absolute atomic E-state index is 11.2. The number of halogens is 1. The molecule has 0 radical (unpaired) electrons. The number of rotatable bonds is 3. The van der Waals surface area contributed by atoms with Gasteiger partial charge in [-0.3, -0.25) is 0 Å². The van der Waals surface area contributed by atoms with E-state index in [0.29, 0.717) is 23.8 Å². The van der Waals surface area contributed by atoms with Crippen LogP contribution in [0, 0.1) is 0 Å². The lowest BCUT2D eigenvalue weighted by Crippen LogP contribution is -2.45. The van der Waals surface area contributed by atoms with Gasteiger partial charge in [0.2, 0.25) is 0 Å². The molecule has 1 aromatic rings. The lowest BCUT2D eigenvalue weighted by Gasteiger charge is -2.34. The summed E-state index contributed by atoms with van der Waals surface area (Å²) in [5.41, 5.74) is 0. The molecule has 1 saturated heterocycles. The third-order valence-electron chi connectivity index (χ3n) is 2.95. The van der Waals surface area contributed by atoms with E-state index in [4.69, 9.17) is 16.3 Å². The van der Waals surface area contributed by atoms with Crippen LogP contribution in [0.25, 0.3) is 0 Å². The summed E-state index contributed by atoms with van der Waals surface area (Å²) in [5, 5.41) is 9.56. The number of carbonyl (C=O) groups is 1. The smallest absolute Gasteiger partial charge is 0.326 e. The molecule has 0 amide bonds. The highest BCUT2D eigenvalue weighted by atomic mass is 35.5. The Morgan fingerprint density at radius 1 is 1.61 bits per heavy atom. The Labute approximate surface area is 110 Å². The van der Waals surface area contributed by atoms with Gasteiger partial charge in [0.15, 0.2) is 5.82 Å². The van der Waals surface area contributed by atoms with E-state index in [0.717, 1.165) is 12.8 Å². The van der Waals surface area contributed by atoms with Crippen molar-refractivity contribution in [1.82, 2.24) is 9.97 Å². The van der Waals surface area contributed by atoms with Crippen molar-refractivity contribution in [3.63, 3.8) is 0 Å². The molecule has 0 saturated carbocycles. The maximum Gasteiger partial charge on any atom is 0.326 e. The number of nitrogens with zero attached hydrogens (tertiary/aromatic N) is 3. The normalized spacial score (nSPS) is 19.7. The van der Waals surface area contributed by atoms with E-state index in [1.807, 2.05) is 0 Å². The van der Waals surface area contributed by atoms with Crippen LogP contribution in [0.2, 0.25) is 5.02 Å². The second-order valence-corrected chi connectivity index (χ2v) is 4.48. The third kappa shape index (κ3) is 2.48. The summed E-state index contributed by atoms with van der Waals surface area (Å²) in [6.07, 6.45) is 3.84. The van der Waals surface area contributed by atoms with E-state index in [2.05, 4.69) is 9.97 Å². The Balaban J connectivity index is 2.35. The quantitative estimate of drug-likeness (QED) is 0.900. The van der Waals surface area contributed by atoms with Crippen molar-refractivity contribution in [2.75, 3.05) is 18.6 Å². The highest BCUT2D eigenvalue weighted by molar-refractivity contribution is 6.32. The Morgan fingerprint density at radius 2 is 2.39 bits per heavy atom. The third-order valence-corrected chi connectivity index (χ3v) is 3.21. The molecule has 98 valence electrons. The first-order valence-electron chi connectivity index (χ1n) is 5.69. The predicted molar refractivity (Wildman–Crippen MR) is 66.2 cm³/mol. The number of carboxylic acids is 1. The van der Waals surface area contributed by atoms with Gasteiger partial charge in [-0.15, -0.1) is 0 Å². The van der Waals surface area contributed by atoms with E-state index >= 15 is 0 Å². The number of carboxylic acid groups (broad SMARTS) is 1. The number of piperidine rings is 1. The highest BCUT2D eigenvalue weighted by Crippen LogP contribution is 2.30. The first kappa shape index (κ1) is 12.9. The molecular formula is C11H14ClN3O3. The molecule has 1 aromatic heterocycles. The second kappa shape index (κ2) is 5.39. The number of methoxy groups -OCH3 is 1. The van der Waals surface area contributed by atoms with Crippen LogP contribution in [0.5, 0.6) is 6.01 Å². The van der Waals surface area contributed by atoms with Crippen molar-refractivity contribution < 1.29 is 14.6 Å². The maximum atomic E-state index is 11.2. The summed E-state index contributed by atoms with van der Waals surface area (Å²) >= 11 is 6.04. The number of hydrogen-bond donors (Lipinski definition) is 1. The average Bonchev–Trinajstić information content (AvgIpc) is 2.39. The molecule has 1 aliphatic heterocycles. The van der Waals surface area contributed by atoms with Crippen LogP contribution in [-0.2, 0) is 4.79 Å². The van der Waals surface area contributed by atoms with Crippen LogP contribution in [0.3, 0.4) is 0 Å². The fraction of sp³-hybridized carbons (Fsp3) is 0.545. The van der Waals surface area contributed by atoms with Crippen molar-refractivity contribution in [1.29, 1.82) is 0 Å². The number of hydrogen-bond acceptors (Lipinski definition) is 5. The van der Waals surface area contributed by atoms with Crippen molar-refractivity contribution >= 4 is 23.4 Å². The van der Waals surface area contributed by atoms with Gasteiger partial charge in [-0.2, -0.15) is 4.98 Å². The first-order valence-corrected chi connectivity index (χ1v) is 6.07. The van der Waals surface area contributed by atoms with Crippen LogP contribution in [0.15, 0.2) is 6.20 Å². The van der Waals surface area contributed by atoms with Gasteiger partial charge in [0.05, 0.1) is 13.3 Å². The zero-order chi connectivity index (χ0) is 13.1. The van der Waals surface area contributed by atoms with Crippen molar-refractivity contribution in [2.24, 2.45) is 0 Å². The van der Waals surface area contributed by atoms with E-state index in [-0.39, 0.29) is 6.01 Å². The number of aromatic nitrogens is 2. The molecule has 2 rings (SSSR count). The minimum atomic E-state index is -0.858. The number of ether oxygens (including phenoxy) is 1. The Kier molecular flexibility index (Phi) is 3.86. The molecule has 1 aliphatic rings. The van der Waals surface area contributed by atoms with Crippen LogP contribution >= 0.6 is 11.6 Å². The monoisotopic (exact) mass is 271 g/mol. The zero-order valence-electron chi connectivity index (χ0n) is 9.97. The van der Waals surface area contributed by atoms with Gasteiger partial charge in [0.1, 0.15) is 11.1 Å². The summed E-state index contributed by atoms with van der Waals surface area (Å²) in [6, 6.07) is -0.403. The lowest BCUT2D eigenvalue weighted by molar-refractivity contribution is -0.139. The van der Waals surface area contributed by atoms with Crippen LogP contribution < -0.4 is 9.64 Å². The minimum absolute atomic E-state index is 0.184. The van der Waals surface area contributed by atoms with E-state index < -0.39 is 12.0 Å². The van der Waals surface area contributed by atoms with Gasteiger partial charge in [-0.05, 0) is 19.3 Å². The molecule has 1 fully saturated rings. The van der Waals surface area contributed by atoms with E-state index in [9.17, 15) is 9.90 Å². The Hall–Kier alpha value is -1.56. The number of aliphatic carboxylic acids is 1. The molecule has 0 bridgehead atoms. The van der Waals surface area contributed by atoms with Gasteiger partial charge in [-0.1, -0.05) is 11.6 Å². The molecule has 7 heteroatoms. The summed E-state index contributed by atoms with van der Waals surface area (Å²) in [7, 11) is 1.46. The van der Waals surface area contributed by atoms with Gasteiger partial charge < -0.3 is 14.7 Å². The average molecular weight is 272 g/mol. The molecule has 1 unspecified atom stereocenters. The van der Waals surface area contributed by atoms with Gasteiger partial charge >= 0.3 is 12.0 Å². The van der Waals surface area contributed by atoms with Crippen LogP contribution in [0.4, 0.5) is 5.82 Å². The summed E-state index contributed by atoms with van der Waals surface area (Å²) < 4.78 is 4.94. The molecule has 18 heavy (non-hydrogen) atoms. The van der Waals surface area contributed by atoms with Crippen molar-refractivity contribution in [3.8, 4) is 6.01 Å². The Morgan fingerprint density at radius 3 is 3.06 bits per heavy atom. The molecular weight excluding hydrogens is 258 g/mol. The molecule has 6 nitrogen and oxygen atoms in total. The van der Waals surface area contributed by atoms with Crippen LogP contribution in [0.1, 0.15) is 19.3 Å². The molecule has 1 N–H and O–H groups in total. The van der Waals surface area contributed by atoms with Gasteiger partial charge in [0, 0.05) is 6.54 Å². The topological polar surface area (TPSA) is 75.5 Å². The van der Waals surface area contributed by atoms with Gasteiger partial charge in [0.25, 0.3) is 0 Å².